The summed E-state index contributed by atoms with van der Waals surface area (Å²) >= 11 is 0. The highest BCUT2D eigenvalue weighted by molar-refractivity contribution is 5.35. The average Bonchev–Trinajstić information content (AvgIpc) is 2.17. The van der Waals surface area contributed by atoms with Gasteiger partial charge in [0.1, 0.15) is 0 Å². The first-order valence-corrected chi connectivity index (χ1v) is 4.83. The van der Waals surface area contributed by atoms with Crippen molar-refractivity contribution in [1.29, 1.82) is 0 Å². The van der Waals surface area contributed by atoms with E-state index >= 15 is 0 Å². The molecule has 0 bridgehead atoms. The average molecular weight is 209 g/mol. The minimum Gasteiger partial charge on any atom is -0.385 e. The van der Waals surface area contributed by atoms with Crippen LogP contribution in [0.3, 0.4) is 0 Å². The highest BCUT2D eigenvalue weighted by atomic mass is 16.6. The summed E-state index contributed by atoms with van der Waals surface area (Å²) in [4.78, 5) is 9.99. The van der Waals surface area contributed by atoms with Crippen LogP contribution in [0.4, 0.5) is 5.69 Å². The Kier molecular flexibility index (Phi) is 3.09. The van der Waals surface area contributed by atoms with Crippen LogP contribution in [0.5, 0.6) is 0 Å². The molecule has 0 spiro atoms. The van der Waals surface area contributed by atoms with Gasteiger partial charge in [0.2, 0.25) is 0 Å². The zero-order valence-electron chi connectivity index (χ0n) is 9.10. The van der Waals surface area contributed by atoms with Crippen molar-refractivity contribution in [1.82, 2.24) is 0 Å². The molecular formula is C11H15NO3. The van der Waals surface area contributed by atoms with E-state index < -0.39 is 10.5 Å². The fraction of sp³-hybridized carbons (Fsp3) is 0.455. The Bertz CT molecular complexity index is 355. The molecule has 0 heterocycles. The standard InChI is InChI=1S/C11H15NO3/c1-8(2)11(3,13)9-4-6-10(7-5-9)12(14)15/h4-8,13H,1-3H3. The Morgan fingerprint density at radius 1 is 1.33 bits per heavy atom. The molecule has 0 aliphatic carbocycles. The monoisotopic (exact) mass is 209 g/mol. The molecule has 1 aromatic carbocycles. The minimum atomic E-state index is -0.949. The van der Waals surface area contributed by atoms with Crippen LogP contribution in [0.15, 0.2) is 24.3 Å². The van der Waals surface area contributed by atoms with E-state index in [1.54, 1.807) is 19.1 Å². The molecule has 0 saturated carbocycles. The molecule has 1 aromatic rings. The Hall–Kier alpha value is -1.42. The topological polar surface area (TPSA) is 63.4 Å². The van der Waals surface area contributed by atoms with Gasteiger partial charge in [0, 0.05) is 12.1 Å². The Morgan fingerprint density at radius 2 is 1.80 bits per heavy atom. The normalized spacial score (nSPS) is 15.0. The van der Waals surface area contributed by atoms with E-state index in [2.05, 4.69) is 0 Å². The van der Waals surface area contributed by atoms with Gasteiger partial charge < -0.3 is 5.11 Å². The van der Waals surface area contributed by atoms with Crippen LogP contribution < -0.4 is 0 Å². The number of nitro groups is 1. The number of nitrogens with zero attached hydrogens (tertiary/aromatic N) is 1. The highest BCUT2D eigenvalue weighted by Crippen LogP contribution is 2.29. The first kappa shape index (κ1) is 11.7. The van der Waals surface area contributed by atoms with E-state index in [0.717, 1.165) is 0 Å². The zero-order chi connectivity index (χ0) is 11.6. The van der Waals surface area contributed by atoms with E-state index in [1.165, 1.54) is 12.1 Å². The lowest BCUT2D eigenvalue weighted by Crippen LogP contribution is -2.27. The molecule has 1 atom stereocenters. The predicted molar refractivity (Wildman–Crippen MR) is 57.5 cm³/mol. The van der Waals surface area contributed by atoms with Gasteiger partial charge in [-0.15, -0.1) is 0 Å². The summed E-state index contributed by atoms with van der Waals surface area (Å²) in [7, 11) is 0. The smallest absolute Gasteiger partial charge is 0.269 e. The molecule has 0 saturated heterocycles. The molecule has 0 aromatic heterocycles. The van der Waals surface area contributed by atoms with Gasteiger partial charge in [0.05, 0.1) is 10.5 Å². The molecule has 4 nitrogen and oxygen atoms in total. The summed E-state index contributed by atoms with van der Waals surface area (Å²) in [5.41, 5.74) is -0.212. The van der Waals surface area contributed by atoms with E-state index in [4.69, 9.17) is 0 Å². The van der Waals surface area contributed by atoms with E-state index in [0.29, 0.717) is 5.56 Å². The van der Waals surface area contributed by atoms with Crippen molar-refractivity contribution in [3.63, 3.8) is 0 Å². The quantitative estimate of drug-likeness (QED) is 0.614. The number of hydrogen-bond donors (Lipinski definition) is 1. The summed E-state index contributed by atoms with van der Waals surface area (Å²) in [6, 6.07) is 6.01. The molecule has 1 rings (SSSR count). The second kappa shape index (κ2) is 3.98. The highest BCUT2D eigenvalue weighted by Gasteiger charge is 2.27. The van der Waals surface area contributed by atoms with Gasteiger partial charge in [-0.25, -0.2) is 0 Å². The van der Waals surface area contributed by atoms with Crippen molar-refractivity contribution in [2.75, 3.05) is 0 Å². The van der Waals surface area contributed by atoms with Gasteiger partial charge >= 0.3 is 0 Å². The molecule has 0 aliphatic rings. The van der Waals surface area contributed by atoms with Crippen LogP contribution in [-0.2, 0) is 5.60 Å². The molecule has 4 heteroatoms. The van der Waals surface area contributed by atoms with E-state index in [1.807, 2.05) is 13.8 Å². The van der Waals surface area contributed by atoms with Crippen LogP contribution in [0.2, 0.25) is 0 Å². The van der Waals surface area contributed by atoms with Crippen LogP contribution in [0.25, 0.3) is 0 Å². The molecule has 1 unspecified atom stereocenters. The molecule has 0 radical (unpaired) electrons. The second-order valence-corrected chi connectivity index (χ2v) is 4.11. The van der Waals surface area contributed by atoms with Gasteiger partial charge in [0.25, 0.3) is 5.69 Å². The van der Waals surface area contributed by atoms with Gasteiger partial charge in [-0.3, -0.25) is 10.1 Å². The maximum atomic E-state index is 10.4. The molecular weight excluding hydrogens is 194 g/mol. The molecule has 15 heavy (non-hydrogen) atoms. The van der Waals surface area contributed by atoms with E-state index in [-0.39, 0.29) is 11.6 Å². The van der Waals surface area contributed by atoms with Gasteiger partial charge in [-0.05, 0) is 30.5 Å². The third-order valence-electron chi connectivity index (χ3n) is 2.79. The lowest BCUT2D eigenvalue weighted by atomic mass is 9.85. The van der Waals surface area contributed by atoms with Gasteiger partial charge in [0.15, 0.2) is 0 Å². The number of benzene rings is 1. The molecule has 0 fully saturated rings. The fourth-order valence-corrected chi connectivity index (χ4v) is 1.25. The van der Waals surface area contributed by atoms with Crippen LogP contribution in [-0.4, -0.2) is 10.0 Å². The van der Waals surface area contributed by atoms with Crippen molar-refractivity contribution in [2.45, 2.75) is 26.4 Å². The van der Waals surface area contributed by atoms with Gasteiger partial charge in [-0.2, -0.15) is 0 Å². The SMILES string of the molecule is CC(C)C(C)(O)c1ccc([N+](=O)[O-])cc1. The largest absolute Gasteiger partial charge is 0.385 e. The summed E-state index contributed by atoms with van der Waals surface area (Å²) in [6.07, 6.45) is 0. The Balaban J connectivity index is 3.04. The Labute approximate surface area is 88.7 Å². The lowest BCUT2D eigenvalue weighted by Gasteiger charge is -2.28. The predicted octanol–water partition coefficient (Wildman–Crippen LogP) is 2.46. The molecule has 82 valence electrons. The number of nitro benzene ring substituents is 1. The molecule has 0 aliphatic heterocycles. The number of non-ortho nitro benzene ring substituents is 1. The van der Waals surface area contributed by atoms with Crippen molar-refractivity contribution in [2.24, 2.45) is 5.92 Å². The summed E-state index contributed by atoms with van der Waals surface area (Å²) in [6.45, 7) is 5.52. The molecule has 1 N–H and O–H groups in total. The van der Waals surface area contributed by atoms with Crippen LogP contribution in [0.1, 0.15) is 26.3 Å². The second-order valence-electron chi connectivity index (χ2n) is 4.11. The summed E-state index contributed by atoms with van der Waals surface area (Å²) in [5, 5.41) is 20.6. The first-order valence-electron chi connectivity index (χ1n) is 4.83. The third-order valence-corrected chi connectivity index (χ3v) is 2.79. The van der Waals surface area contributed by atoms with Crippen LogP contribution >= 0.6 is 0 Å². The third kappa shape index (κ3) is 2.33. The Morgan fingerprint density at radius 3 is 2.13 bits per heavy atom. The first-order chi connectivity index (χ1) is 6.85. The number of rotatable bonds is 3. The van der Waals surface area contributed by atoms with Crippen molar-refractivity contribution in [3.8, 4) is 0 Å². The lowest BCUT2D eigenvalue weighted by molar-refractivity contribution is -0.384. The summed E-state index contributed by atoms with van der Waals surface area (Å²) in [5.74, 6) is 0.0546. The van der Waals surface area contributed by atoms with Gasteiger partial charge in [-0.1, -0.05) is 13.8 Å². The number of hydrogen-bond acceptors (Lipinski definition) is 3. The fourth-order valence-electron chi connectivity index (χ4n) is 1.25. The van der Waals surface area contributed by atoms with E-state index in [9.17, 15) is 15.2 Å². The summed E-state index contributed by atoms with van der Waals surface area (Å²) < 4.78 is 0. The molecule has 0 amide bonds. The number of aliphatic hydroxyl groups is 1. The van der Waals surface area contributed by atoms with Crippen molar-refractivity contribution >= 4 is 5.69 Å². The van der Waals surface area contributed by atoms with Crippen molar-refractivity contribution in [3.05, 3.63) is 39.9 Å². The maximum Gasteiger partial charge on any atom is 0.269 e. The minimum absolute atomic E-state index is 0.0401. The zero-order valence-corrected chi connectivity index (χ0v) is 9.10. The van der Waals surface area contributed by atoms with Crippen molar-refractivity contribution < 1.29 is 10.0 Å². The van der Waals surface area contributed by atoms with Crippen LogP contribution in [0, 0.1) is 16.0 Å². The maximum absolute atomic E-state index is 10.4.